The van der Waals surface area contributed by atoms with Crippen molar-refractivity contribution in [2.45, 2.75) is 12.5 Å². The van der Waals surface area contributed by atoms with Crippen LogP contribution < -0.4 is 5.32 Å². The molecule has 1 atom stereocenters. The van der Waals surface area contributed by atoms with Gasteiger partial charge in [0.25, 0.3) is 0 Å². The highest BCUT2D eigenvalue weighted by Crippen LogP contribution is 2.22. The van der Waals surface area contributed by atoms with Gasteiger partial charge in [-0.2, -0.15) is 0 Å². The molecule has 6 nitrogen and oxygen atoms in total. The summed E-state index contributed by atoms with van der Waals surface area (Å²) in [6.07, 6.45) is 0.687. The van der Waals surface area contributed by atoms with Gasteiger partial charge in [0.15, 0.2) is 0 Å². The van der Waals surface area contributed by atoms with Gasteiger partial charge in [0.05, 0.1) is 11.1 Å². The predicted octanol–water partition coefficient (Wildman–Crippen LogP) is 1.58. The minimum absolute atomic E-state index is 0.00170. The van der Waals surface area contributed by atoms with Crippen molar-refractivity contribution >= 4 is 28.6 Å². The van der Waals surface area contributed by atoms with Crippen molar-refractivity contribution in [2.75, 3.05) is 18.9 Å². The number of carbonyl (C=O) groups excluding carboxylic acids is 1. The average molecular weight is 285 g/mol. The van der Waals surface area contributed by atoms with Crippen LogP contribution in [0.4, 0.5) is 5.82 Å². The van der Waals surface area contributed by atoms with Crippen molar-refractivity contribution in [1.82, 2.24) is 9.88 Å². The van der Waals surface area contributed by atoms with Crippen molar-refractivity contribution in [3.8, 4) is 0 Å². The van der Waals surface area contributed by atoms with Crippen LogP contribution in [0, 0.1) is 0 Å². The van der Waals surface area contributed by atoms with E-state index < -0.39 is 5.97 Å². The number of nitrogens with zero attached hydrogens (tertiary/aromatic N) is 2. The molecule has 1 amide bonds. The summed E-state index contributed by atoms with van der Waals surface area (Å²) in [5, 5.41) is 13.0. The summed E-state index contributed by atoms with van der Waals surface area (Å²) in [6.45, 7) is 0.690. The monoisotopic (exact) mass is 285 g/mol. The number of hydrogen-bond donors (Lipinski definition) is 2. The Balaban J connectivity index is 2.00. The number of hydrogen-bond acceptors (Lipinski definition) is 4. The van der Waals surface area contributed by atoms with Crippen LogP contribution in [0.5, 0.6) is 0 Å². The van der Waals surface area contributed by atoms with Crippen LogP contribution in [-0.2, 0) is 4.79 Å². The number of likely N-dealkylation sites (N-methyl/N-ethyl adjacent to an activating group) is 1. The molecule has 1 unspecified atom stereocenters. The zero-order valence-electron chi connectivity index (χ0n) is 11.5. The third-order valence-electron chi connectivity index (χ3n) is 3.70. The summed E-state index contributed by atoms with van der Waals surface area (Å²) in [5.41, 5.74) is 0.778. The zero-order chi connectivity index (χ0) is 15.0. The largest absolute Gasteiger partial charge is 0.478 e. The Hall–Kier alpha value is -2.63. The molecule has 2 heterocycles. The molecule has 2 N–H and O–H groups in total. The Kier molecular flexibility index (Phi) is 3.21. The molecule has 0 bridgehead atoms. The van der Waals surface area contributed by atoms with E-state index in [2.05, 4.69) is 10.3 Å². The number of likely N-dealkylation sites (tertiary alicyclic amines) is 1. The van der Waals surface area contributed by atoms with E-state index in [4.69, 9.17) is 0 Å². The number of fused-ring (bicyclic) bond motifs is 1. The quantitative estimate of drug-likeness (QED) is 0.894. The van der Waals surface area contributed by atoms with E-state index in [9.17, 15) is 14.7 Å². The number of para-hydroxylation sites is 1. The van der Waals surface area contributed by atoms with Crippen LogP contribution in [0.1, 0.15) is 16.8 Å². The Morgan fingerprint density at radius 1 is 1.43 bits per heavy atom. The lowest BCUT2D eigenvalue weighted by atomic mass is 10.1. The van der Waals surface area contributed by atoms with E-state index in [0.29, 0.717) is 29.7 Å². The number of carboxylic acid groups (broad SMARTS) is 1. The summed E-state index contributed by atoms with van der Waals surface area (Å²) in [6, 6.07) is 8.21. The topological polar surface area (TPSA) is 82.5 Å². The molecule has 2 aromatic rings. The molecule has 0 radical (unpaired) electrons. The molecule has 0 saturated carbocycles. The van der Waals surface area contributed by atoms with Gasteiger partial charge in [0.2, 0.25) is 5.91 Å². The standard InChI is InChI=1S/C15H15N3O3/c1-18-7-6-12(14(18)19)17-13-8-10(15(20)21)9-4-2-3-5-11(9)16-13/h2-5,8,12H,6-7H2,1H3,(H,16,17)(H,20,21). The fourth-order valence-corrected chi connectivity index (χ4v) is 2.56. The number of pyridine rings is 1. The van der Waals surface area contributed by atoms with Crippen LogP contribution in [-0.4, -0.2) is 46.5 Å². The Morgan fingerprint density at radius 2 is 2.19 bits per heavy atom. The molecule has 3 rings (SSSR count). The van der Waals surface area contributed by atoms with Crippen molar-refractivity contribution in [2.24, 2.45) is 0 Å². The normalized spacial score (nSPS) is 18.2. The third kappa shape index (κ3) is 2.40. The van der Waals surface area contributed by atoms with Gasteiger partial charge >= 0.3 is 5.97 Å². The average Bonchev–Trinajstić information content (AvgIpc) is 2.78. The first-order valence-corrected chi connectivity index (χ1v) is 6.71. The minimum atomic E-state index is -1.01. The number of carboxylic acids is 1. The van der Waals surface area contributed by atoms with E-state index in [1.54, 1.807) is 36.2 Å². The maximum atomic E-state index is 11.9. The van der Waals surface area contributed by atoms with Gasteiger partial charge in [-0.3, -0.25) is 4.79 Å². The van der Waals surface area contributed by atoms with Crippen LogP contribution in [0.15, 0.2) is 30.3 Å². The van der Waals surface area contributed by atoms with Gasteiger partial charge in [-0.1, -0.05) is 18.2 Å². The molecule has 1 aliphatic heterocycles. The lowest BCUT2D eigenvalue weighted by Crippen LogP contribution is -2.31. The van der Waals surface area contributed by atoms with E-state index in [-0.39, 0.29) is 17.5 Å². The number of benzene rings is 1. The molecule has 6 heteroatoms. The summed E-state index contributed by atoms with van der Waals surface area (Å²) >= 11 is 0. The van der Waals surface area contributed by atoms with Gasteiger partial charge < -0.3 is 15.3 Å². The van der Waals surface area contributed by atoms with E-state index in [0.717, 1.165) is 0 Å². The molecule has 0 aliphatic carbocycles. The number of anilines is 1. The Morgan fingerprint density at radius 3 is 2.86 bits per heavy atom. The molecular weight excluding hydrogens is 270 g/mol. The highest BCUT2D eigenvalue weighted by Gasteiger charge is 2.29. The summed E-state index contributed by atoms with van der Waals surface area (Å²) in [4.78, 5) is 29.3. The second-order valence-corrected chi connectivity index (χ2v) is 5.12. The van der Waals surface area contributed by atoms with Crippen LogP contribution in [0.3, 0.4) is 0 Å². The molecule has 1 aromatic carbocycles. The third-order valence-corrected chi connectivity index (χ3v) is 3.70. The fourth-order valence-electron chi connectivity index (χ4n) is 2.56. The van der Waals surface area contributed by atoms with Crippen molar-refractivity contribution < 1.29 is 14.7 Å². The first-order chi connectivity index (χ1) is 10.1. The molecule has 1 saturated heterocycles. The number of rotatable bonds is 3. The van der Waals surface area contributed by atoms with Crippen LogP contribution >= 0.6 is 0 Å². The number of aromatic nitrogens is 1. The van der Waals surface area contributed by atoms with E-state index in [1.807, 2.05) is 0 Å². The van der Waals surface area contributed by atoms with Gasteiger partial charge in [0, 0.05) is 19.0 Å². The molecular formula is C15H15N3O3. The Bertz CT molecular complexity index is 729. The van der Waals surface area contributed by atoms with Gasteiger partial charge in [-0.25, -0.2) is 9.78 Å². The lowest BCUT2D eigenvalue weighted by Gasteiger charge is -2.14. The highest BCUT2D eigenvalue weighted by molar-refractivity contribution is 6.03. The number of aromatic carboxylic acids is 1. The van der Waals surface area contributed by atoms with Gasteiger partial charge in [-0.15, -0.1) is 0 Å². The SMILES string of the molecule is CN1CCC(Nc2cc(C(=O)O)c3ccccc3n2)C1=O. The number of amides is 1. The maximum Gasteiger partial charge on any atom is 0.336 e. The Labute approximate surface area is 121 Å². The maximum absolute atomic E-state index is 11.9. The predicted molar refractivity (Wildman–Crippen MR) is 78.4 cm³/mol. The van der Waals surface area contributed by atoms with E-state index in [1.165, 1.54) is 6.07 Å². The number of nitrogens with one attached hydrogen (secondary N) is 1. The highest BCUT2D eigenvalue weighted by atomic mass is 16.4. The first kappa shape index (κ1) is 13.4. The summed E-state index contributed by atoms with van der Waals surface area (Å²) in [5.74, 6) is -0.590. The van der Waals surface area contributed by atoms with Gasteiger partial charge in [-0.05, 0) is 18.6 Å². The zero-order valence-corrected chi connectivity index (χ0v) is 11.5. The smallest absolute Gasteiger partial charge is 0.336 e. The van der Waals surface area contributed by atoms with Gasteiger partial charge in [0.1, 0.15) is 11.9 Å². The second kappa shape index (κ2) is 5.05. The lowest BCUT2D eigenvalue weighted by molar-refractivity contribution is -0.127. The summed E-state index contributed by atoms with van der Waals surface area (Å²) < 4.78 is 0. The molecule has 108 valence electrons. The summed E-state index contributed by atoms with van der Waals surface area (Å²) in [7, 11) is 1.75. The molecule has 1 aliphatic rings. The first-order valence-electron chi connectivity index (χ1n) is 6.71. The molecule has 21 heavy (non-hydrogen) atoms. The second-order valence-electron chi connectivity index (χ2n) is 5.12. The fraction of sp³-hybridized carbons (Fsp3) is 0.267. The van der Waals surface area contributed by atoms with Crippen LogP contribution in [0.2, 0.25) is 0 Å². The van der Waals surface area contributed by atoms with Crippen molar-refractivity contribution in [3.05, 3.63) is 35.9 Å². The molecule has 1 fully saturated rings. The molecule has 1 aromatic heterocycles. The van der Waals surface area contributed by atoms with Crippen molar-refractivity contribution in [1.29, 1.82) is 0 Å². The number of carbonyl (C=O) groups is 2. The van der Waals surface area contributed by atoms with Crippen molar-refractivity contribution in [3.63, 3.8) is 0 Å². The van der Waals surface area contributed by atoms with Crippen LogP contribution in [0.25, 0.3) is 10.9 Å². The molecule has 0 spiro atoms. The van der Waals surface area contributed by atoms with E-state index >= 15 is 0 Å². The minimum Gasteiger partial charge on any atom is -0.478 e.